The van der Waals surface area contributed by atoms with Crippen LogP contribution < -0.4 is 10.1 Å². The van der Waals surface area contributed by atoms with E-state index in [0.29, 0.717) is 36.9 Å². The van der Waals surface area contributed by atoms with Gasteiger partial charge in [-0.3, -0.25) is 4.79 Å². The second kappa shape index (κ2) is 8.75. The fourth-order valence-electron chi connectivity index (χ4n) is 2.96. The molecule has 1 aliphatic rings. The standard InChI is InChI=1S/C21H26N2O4S/c1-16(2)15-27-19-9-5-17(6-10-19)21(24)22-18-7-11-20(12-8-18)28(25,26)23-13-3-4-14-23/h5-12,16H,3-4,13-15H2,1-2H3,(H,22,24). The molecule has 150 valence electrons. The van der Waals surface area contributed by atoms with Crippen LogP contribution in [0.25, 0.3) is 0 Å². The van der Waals surface area contributed by atoms with Crippen molar-refractivity contribution in [2.24, 2.45) is 5.92 Å². The van der Waals surface area contributed by atoms with Crippen molar-refractivity contribution in [2.45, 2.75) is 31.6 Å². The Balaban J connectivity index is 1.63. The van der Waals surface area contributed by atoms with E-state index in [1.165, 1.54) is 16.4 Å². The molecule has 3 rings (SSSR count). The number of sulfonamides is 1. The Kier molecular flexibility index (Phi) is 6.36. The molecule has 2 aromatic rings. The normalized spacial score (nSPS) is 15.0. The second-order valence-electron chi connectivity index (χ2n) is 7.32. The van der Waals surface area contributed by atoms with Crippen LogP contribution in [0.5, 0.6) is 5.75 Å². The SMILES string of the molecule is CC(C)COc1ccc(C(=O)Nc2ccc(S(=O)(=O)N3CCCC3)cc2)cc1. The van der Waals surface area contributed by atoms with Crippen molar-refractivity contribution >= 4 is 21.6 Å². The Bertz CT molecular complexity index is 900. The molecule has 1 saturated heterocycles. The molecule has 0 unspecified atom stereocenters. The van der Waals surface area contributed by atoms with E-state index in [1.54, 1.807) is 36.4 Å². The molecule has 2 aromatic carbocycles. The molecule has 1 heterocycles. The van der Waals surface area contributed by atoms with Crippen LogP contribution in [0, 0.1) is 5.92 Å². The monoisotopic (exact) mass is 402 g/mol. The molecule has 1 fully saturated rings. The number of carbonyl (C=O) groups excluding carboxylic acids is 1. The Morgan fingerprint density at radius 2 is 1.64 bits per heavy atom. The fraction of sp³-hybridized carbons (Fsp3) is 0.381. The molecule has 1 aliphatic heterocycles. The molecule has 0 aromatic heterocycles. The van der Waals surface area contributed by atoms with Gasteiger partial charge in [-0.2, -0.15) is 4.31 Å². The van der Waals surface area contributed by atoms with Gasteiger partial charge in [-0.05, 0) is 67.3 Å². The first kappa shape index (κ1) is 20.4. The van der Waals surface area contributed by atoms with Crippen LogP contribution >= 0.6 is 0 Å². The highest BCUT2D eigenvalue weighted by atomic mass is 32.2. The highest BCUT2D eigenvalue weighted by molar-refractivity contribution is 7.89. The maximum absolute atomic E-state index is 12.5. The zero-order chi connectivity index (χ0) is 20.1. The summed E-state index contributed by atoms with van der Waals surface area (Å²) in [5.41, 5.74) is 1.05. The van der Waals surface area contributed by atoms with Gasteiger partial charge in [0.15, 0.2) is 0 Å². The van der Waals surface area contributed by atoms with Crippen LogP contribution in [0.15, 0.2) is 53.4 Å². The molecule has 0 saturated carbocycles. The van der Waals surface area contributed by atoms with Gasteiger partial charge in [-0.1, -0.05) is 13.8 Å². The van der Waals surface area contributed by atoms with E-state index in [2.05, 4.69) is 19.2 Å². The number of ether oxygens (including phenoxy) is 1. The molecule has 0 atom stereocenters. The van der Waals surface area contributed by atoms with Crippen LogP contribution in [-0.4, -0.2) is 38.3 Å². The third-order valence-electron chi connectivity index (χ3n) is 4.51. The van der Waals surface area contributed by atoms with E-state index < -0.39 is 10.0 Å². The molecule has 6 nitrogen and oxygen atoms in total. The van der Waals surface area contributed by atoms with Crippen LogP contribution in [0.1, 0.15) is 37.0 Å². The van der Waals surface area contributed by atoms with Gasteiger partial charge in [0.2, 0.25) is 10.0 Å². The number of benzene rings is 2. The lowest BCUT2D eigenvalue weighted by atomic mass is 10.2. The summed E-state index contributed by atoms with van der Waals surface area (Å²) in [7, 11) is -3.45. The Hall–Kier alpha value is -2.38. The molecule has 1 N–H and O–H groups in total. The topological polar surface area (TPSA) is 75.7 Å². The number of anilines is 1. The van der Waals surface area contributed by atoms with E-state index >= 15 is 0 Å². The molecule has 0 aliphatic carbocycles. The highest BCUT2D eigenvalue weighted by Crippen LogP contribution is 2.22. The summed E-state index contributed by atoms with van der Waals surface area (Å²) in [5, 5.41) is 2.79. The van der Waals surface area contributed by atoms with E-state index in [-0.39, 0.29) is 10.8 Å². The molecule has 7 heteroatoms. The number of amides is 1. The number of rotatable bonds is 7. The lowest BCUT2D eigenvalue weighted by Gasteiger charge is -2.15. The molecule has 1 amide bonds. The zero-order valence-corrected chi connectivity index (χ0v) is 17.0. The first-order valence-electron chi connectivity index (χ1n) is 9.51. The van der Waals surface area contributed by atoms with Gasteiger partial charge in [0.25, 0.3) is 5.91 Å². The largest absolute Gasteiger partial charge is 0.493 e. The predicted molar refractivity (Wildman–Crippen MR) is 109 cm³/mol. The van der Waals surface area contributed by atoms with Crippen LogP contribution in [0.2, 0.25) is 0 Å². The summed E-state index contributed by atoms with van der Waals surface area (Å²) < 4.78 is 32.2. The lowest BCUT2D eigenvalue weighted by Crippen LogP contribution is -2.27. The van der Waals surface area contributed by atoms with Gasteiger partial charge < -0.3 is 10.1 Å². The van der Waals surface area contributed by atoms with Crippen LogP contribution in [0.4, 0.5) is 5.69 Å². The summed E-state index contributed by atoms with van der Waals surface area (Å²) in [6.07, 6.45) is 1.79. The van der Waals surface area contributed by atoms with Crippen molar-refractivity contribution in [3.05, 3.63) is 54.1 Å². The van der Waals surface area contributed by atoms with Crippen molar-refractivity contribution in [1.82, 2.24) is 4.31 Å². The first-order chi connectivity index (χ1) is 13.4. The molecular formula is C21H26N2O4S. The maximum atomic E-state index is 12.5. The third kappa shape index (κ3) is 4.91. The van der Waals surface area contributed by atoms with E-state index in [4.69, 9.17) is 4.74 Å². The molecule has 0 radical (unpaired) electrons. The lowest BCUT2D eigenvalue weighted by molar-refractivity contribution is 0.102. The average Bonchev–Trinajstić information content (AvgIpc) is 3.23. The minimum atomic E-state index is -3.45. The summed E-state index contributed by atoms with van der Waals surface area (Å²) >= 11 is 0. The number of hydrogen-bond acceptors (Lipinski definition) is 4. The van der Waals surface area contributed by atoms with Gasteiger partial charge in [-0.25, -0.2) is 8.42 Å². The smallest absolute Gasteiger partial charge is 0.255 e. The summed E-state index contributed by atoms with van der Waals surface area (Å²) in [6, 6.07) is 13.2. The Morgan fingerprint density at radius 3 is 2.21 bits per heavy atom. The van der Waals surface area contributed by atoms with Crippen LogP contribution in [0.3, 0.4) is 0 Å². The van der Waals surface area contributed by atoms with Crippen LogP contribution in [-0.2, 0) is 10.0 Å². The highest BCUT2D eigenvalue weighted by Gasteiger charge is 2.26. The number of carbonyl (C=O) groups is 1. The second-order valence-corrected chi connectivity index (χ2v) is 9.26. The number of nitrogens with one attached hydrogen (secondary N) is 1. The van der Waals surface area contributed by atoms with Crippen molar-refractivity contribution in [1.29, 1.82) is 0 Å². The van der Waals surface area contributed by atoms with Gasteiger partial charge in [0.05, 0.1) is 11.5 Å². The minimum Gasteiger partial charge on any atom is -0.493 e. The first-order valence-corrected chi connectivity index (χ1v) is 10.9. The molecule has 28 heavy (non-hydrogen) atoms. The van der Waals surface area contributed by atoms with E-state index in [9.17, 15) is 13.2 Å². The molecule has 0 bridgehead atoms. The van der Waals surface area contributed by atoms with Gasteiger partial charge in [-0.15, -0.1) is 0 Å². The predicted octanol–water partition coefficient (Wildman–Crippen LogP) is 3.76. The Labute approximate surface area is 166 Å². The summed E-state index contributed by atoms with van der Waals surface area (Å²) in [5.74, 6) is 0.896. The summed E-state index contributed by atoms with van der Waals surface area (Å²) in [4.78, 5) is 12.7. The quantitative estimate of drug-likeness (QED) is 0.765. The van der Waals surface area contributed by atoms with Crippen molar-refractivity contribution in [2.75, 3.05) is 25.0 Å². The van der Waals surface area contributed by atoms with Gasteiger partial charge in [0, 0.05) is 24.3 Å². The van der Waals surface area contributed by atoms with Crippen molar-refractivity contribution in [3.63, 3.8) is 0 Å². The summed E-state index contributed by atoms with van der Waals surface area (Å²) in [6.45, 7) is 5.90. The maximum Gasteiger partial charge on any atom is 0.255 e. The fourth-order valence-corrected chi connectivity index (χ4v) is 4.47. The van der Waals surface area contributed by atoms with Crippen molar-refractivity contribution < 1.29 is 17.9 Å². The minimum absolute atomic E-state index is 0.249. The average molecular weight is 403 g/mol. The van der Waals surface area contributed by atoms with Gasteiger partial charge in [0.1, 0.15) is 5.75 Å². The van der Waals surface area contributed by atoms with Gasteiger partial charge >= 0.3 is 0 Å². The molecule has 0 spiro atoms. The van der Waals surface area contributed by atoms with E-state index in [1.807, 2.05) is 0 Å². The van der Waals surface area contributed by atoms with Crippen molar-refractivity contribution in [3.8, 4) is 5.75 Å². The Morgan fingerprint density at radius 1 is 1.04 bits per heavy atom. The molecular weight excluding hydrogens is 376 g/mol. The van der Waals surface area contributed by atoms with E-state index in [0.717, 1.165) is 18.6 Å². The number of nitrogens with zero attached hydrogens (tertiary/aromatic N) is 1. The zero-order valence-electron chi connectivity index (χ0n) is 16.2. The third-order valence-corrected chi connectivity index (χ3v) is 6.43. The number of hydrogen-bond donors (Lipinski definition) is 1.